The molecular weight excluding hydrogens is 338 g/mol. The van der Waals surface area contributed by atoms with Crippen molar-refractivity contribution in [2.75, 3.05) is 26.0 Å². The van der Waals surface area contributed by atoms with Gasteiger partial charge in [0, 0.05) is 22.3 Å². The van der Waals surface area contributed by atoms with Crippen LogP contribution in [0.1, 0.15) is 5.56 Å². The number of rotatable bonds is 6. The number of nitrogens with one attached hydrogen (secondary N) is 2. The van der Waals surface area contributed by atoms with Crippen LogP contribution >= 0.6 is 11.6 Å². The number of quaternary nitrogens is 1. The van der Waals surface area contributed by atoms with E-state index in [1.807, 2.05) is 7.05 Å². The molecule has 0 heterocycles. The van der Waals surface area contributed by atoms with E-state index in [0.29, 0.717) is 17.3 Å². The van der Waals surface area contributed by atoms with Crippen LogP contribution in [0.25, 0.3) is 0 Å². The van der Waals surface area contributed by atoms with Gasteiger partial charge in [-0.25, -0.2) is 8.78 Å². The zero-order valence-electron chi connectivity index (χ0n) is 13.3. The van der Waals surface area contributed by atoms with E-state index >= 15 is 0 Å². The first-order chi connectivity index (χ1) is 11.4. The summed E-state index contributed by atoms with van der Waals surface area (Å²) >= 11 is 5.99. The van der Waals surface area contributed by atoms with Crippen molar-refractivity contribution in [2.24, 2.45) is 0 Å². The molecule has 0 spiro atoms. The number of methoxy groups -OCH3 is 1. The number of anilines is 1. The number of carbonyl (C=O) groups is 1. The summed E-state index contributed by atoms with van der Waals surface area (Å²) in [5.74, 6) is -1.57. The van der Waals surface area contributed by atoms with Gasteiger partial charge >= 0.3 is 0 Å². The molecule has 1 unspecified atom stereocenters. The van der Waals surface area contributed by atoms with E-state index in [9.17, 15) is 13.6 Å². The Morgan fingerprint density at radius 3 is 2.62 bits per heavy atom. The van der Waals surface area contributed by atoms with Crippen LogP contribution in [0.2, 0.25) is 5.02 Å². The van der Waals surface area contributed by atoms with Crippen molar-refractivity contribution in [2.45, 2.75) is 6.54 Å². The highest BCUT2D eigenvalue weighted by Crippen LogP contribution is 2.21. The van der Waals surface area contributed by atoms with Crippen LogP contribution in [0, 0.1) is 11.6 Å². The molecule has 0 aromatic heterocycles. The Hall–Kier alpha value is -2.18. The molecule has 0 radical (unpaired) electrons. The normalized spacial score (nSPS) is 11.9. The molecule has 24 heavy (non-hydrogen) atoms. The third kappa shape index (κ3) is 4.91. The van der Waals surface area contributed by atoms with Gasteiger partial charge in [0.15, 0.2) is 18.2 Å². The molecule has 0 aliphatic heterocycles. The number of carbonyl (C=O) groups excluding carboxylic acids is 1. The minimum atomic E-state index is -1.00. The highest BCUT2D eigenvalue weighted by atomic mass is 35.5. The lowest BCUT2D eigenvalue weighted by molar-refractivity contribution is -0.885. The standard InChI is InChI=1S/C17H17ClF2N2O2/c1-22(9-11-7-12(18)3-6-16(11)24-2)10-17(23)21-13-4-5-14(19)15(20)8-13/h3-8H,9-10H2,1-2H3,(H,21,23)/p+1. The van der Waals surface area contributed by atoms with Crippen molar-refractivity contribution < 1.29 is 23.2 Å². The van der Waals surface area contributed by atoms with Gasteiger partial charge in [-0.2, -0.15) is 0 Å². The zero-order chi connectivity index (χ0) is 17.7. The molecule has 2 aromatic carbocycles. The maximum Gasteiger partial charge on any atom is 0.279 e. The highest BCUT2D eigenvalue weighted by Gasteiger charge is 2.14. The first-order valence-electron chi connectivity index (χ1n) is 7.27. The summed E-state index contributed by atoms with van der Waals surface area (Å²) in [5.41, 5.74) is 1.09. The lowest BCUT2D eigenvalue weighted by Gasteiger charge is -2.16. The Labute approximate surface area is 144 Å². The minimum absolute atomic E-state index is 0.147. The average molecular weight is 356 g/mol. The van der Waals surface area contributed by atoms with Gasteiger partial charge in [-0.3, -0.25) is 4.79 Å². The number of benzene rings is 2. The van der Waals surface area contributed by atoms with E-state index in [-0.39, 0.29) is 18.1 Å². The Kier molecular flexibility index (Phi) is 6.11. The monoisotopic (exact) mass is 355 g/mol. The Bertz CT molecular complexity index is 741. The van der Waals surface area contributed by atoms with E-state index in [2.05, 4.69) is 5.32 Å². The van der Waals surface area contributed by atoms with E-state index in [4.69, 9.17) is 16.3 Å². The van der Waals surface area contributed by atoms with Crippen LogP contribution in [0.3, 0.4) is 0 Å². The summed E-state index contributed by atoms with van der Waals surface area (Å²) in [7, 11) is 3.41. The molecule has 0 aliphatic rings. The first-order valence-corrected chi connectivity index (χ1v) is 7.65. The van der Waals surface area contributed by atoms with E-state index in [1.165, 1.54) is 6.07 Å². The van der Waals surface area contributed by atoms with Crippen LogP contribution in [0.5, 0.6) is 5.75 Å². The highest BCUT2D eigenvalue weighted by molar-refractivity contribution is 6.30. The molecule has 0 bridgehead atoms. The molecule has 0 saturated carbocycles. The zero-order valence-corrected chi connectivity index (χ0v) is 14.1. The number of halogens is 3. The Balaban J connectivity index is 1.96. The maximum atomic E-state index is 13.1. The summed E-state index contributed by atoms with van der Waals surface area (Å²) < 4.78 is 31.3. The second-order valence-electron chi connectivity index (χ2n) is 5.44. The number of hydrogen-bond acceptors (Lipinski definition) is 2. The summed E-state index contributed by atoms with van der Waals surface area (Å²) in [6, 6.07) is 8.52. The van der Waals surface area contributed by atoms with E-state index in [0.717, 1.165) is 22.6 Å². The summed E-state index contributed by atoms with van der Waals surface area (Å²) in [6.07, 6.45) is 0. The Morgan fingerprint density at radius 2 is 1.96 bits per heavy atom. The molecule has 0 aliphatic carbocycles. The molecule has 0 saturated heterocycles. The lowest BCUT2D eigenvalue weighted by Crippen LogP contribution is -3.08. The predicted octanol–water partition coefficient (Wildman–Crippen LogP) is 2.28. The number of hydrogen-bond donors (Lipinski definition) is 2. The molecule has 1 atom stereocenters. The van der Waals surface area contributed by atoms with Gasteiger partial charge in [-0.15, -0.1) is 0 Å². The smallest absolute Gasteiger partial charge is 0.279 e. The molecule has 0 fully saturated rings. The third-order valence-corrected chi connectivity index (χ3v) is 3.64. The quantitative estimate of drug-likeness (QED) is 0.835. The predicted molar refractivity (Wildman–Crippen MR) is 88.4 cm³/mol. The second-order valence-corrected chi connectivity index (χ2v) is 5.88. The first kappa shape index (κ1) is 18.2. The van der Waals surface area contributed by atoms with Gasteiger partial charge in [0.2, 0.25) is 0 Å². The third-order valence-electron chi connectivity index (χ3n) is 3.40. The van der Waals surface area contributed by atoms with Gasteiger partial charge in [-0.05, 0) is 30.3 Å². The fourth-order valence-electron chi connectivity index (χ4n) is 2.33. The summed E-state index contributed by atoms with van der Waals surface area (Å²) in [5, 5.41) is 3.13. The molecule has 1 amide bonds. The average Bonchev–Trinajstić information content (AvgIpc) is 2.51. The van der Waals surface area contributed by atoms with Crippen molar-refractivity contribution in [3.8, 4) is 5.75 Å². The maximum absolute atomic E-state index is 13.1. The van der Waals surface area contributed by atoms with Crippen molar-refractivity contribution in [3.05, 3.63) is 58.6 Å². The fourth-order valence-corrected chi connectivity index (χ4v) is 2.52. The van der Waals surface area contributed by atoms with Gasteiger partial charge in [0.1, 0.15) is 12.3 Å². The summed E-state index contributed by atoms with van der Waals surface area (Å²) in [6.45, 7) is 0.670. The van der Waals surface area contributed by atoms with Gasteiger partial charge in [0.25, 0.3) is 5.91 Å². The van der Waals surface area contributed by atoms with Crippen LogP contribution in [-0.4, -0.2) is 26.6 Å². The largest absolute Gasteiger partial charge is 0.496 e. The number of amides is 1. The summed E-state index contributed by atoms with van der Waals surface area (Å²) in [4.78, 5) is 12.9. The van der Waals surface area contributed by atoms with Crippen molar-refractivity contribution in [3.63, 3.8) is 0 Å². The molecule has 7 heteroatoms. The topological polar surface area (TPSA) is 42.8 Å². The molecule has 4 nitrogen and oxygen atoms in total. The lowest BCUT2D eigenvalue weighted by atomic mass is 10.2. The molecular formula is C17H18ClF2N2O2+. The van der Waals surface area contributed by atoms with Crippen molar-refractivity contribution in [1.29, 1.82) is 0 Å². The number of ether oxygens (including phenoxy) is 1. The Morgan fingerprint density at radius 1 is 1.21 bits per heavy atom. The van der Waals surface area contributed by atoms with Gasteiger partial charge in [-0.1, -0.05) is 11.6 Å². The fraction of sp³-hybridized carbons (Fsp3) is 0.235. The van der Waals surface area contributed by atoms with E-state index in [1.54, 1.807) is 25.3 Å². The van der Waals surface area contributed by atoms with Gasteiger partial charge < -0.3 is 15.0 Å². The van der Waals surface area contributed by atoms with Gasteiger partial charge in [0.05, 0.1) is 14.2 Å². The van der Waals surface area contributed by atoms with Crippen molar-refractivity contribution >= 4 is 23.2 Å². The molecule has 2 aromatic rings. The second kappa shape index (κ2) is 8.08. The van der Waals surface area contributed by atoms with Crippen LogP contribution < -0.4 is 15.0 Å². The number of likely N-dealkylation sites (N-methyl/N-ethyl adjacent to an activating group) is 1. The van der Waals surface area contributed by atoms with E-state index < -0.39 is 11.6 Å². The van der Waals surface area contributed by atoms with Crippen LogP contribution in [0.15, 0.2) is 36.4 Å². The SMILES string of the molecule is COc1ccc(Cl)cc1C[NH+](C)CC(=O)Nc1ccc(F)c(F)c1. The van der Waals surface area contributed by atoms with Crippen LogP contribution in [0.4, 0.5) is 14.5 Å². The molecule has 2 rings (SSSR count). The van der Waals surface area contributed by atoms with Crippen molar-refractivity contribution in [1.82, 2.24) is 0 Å². The molecule has 128 valence electrons. The van der Waals surface area contributed by atoms with Crippen LogP contribution in [-0.2, 0) is 11.3 Å². The molecule has 2 N–H and O–H groups in total. The minimum Gasteiger partial charge on any atom is -0.496 e.